The largest absolute Gasteiger partial charge is 0.354 e. The van der Waals surface area contributed by atoms with Gasteiger partial charge in [0, 0.05) is 56.4 Å². The highest BCUT2D eigenvalue weighted by atomic mass is 79.9. The number of hydrogen-bond donors (Lipinski definition) is 1. The Labute approximate surface area is 227 Å². The number of fused-ring (bicyclic) bond motifs is 1. The Kier molecular flexibility index (Phi) is 7.28. The summed E-state index contributed by atoms with van der Waals surface area (Å²) in [5, 5.41) is 7.40. The van der Waals surface area contributed by atoms with E-state index in [2.05, 4.69) is 26.2 Å². The smallest absolute Gasteiger partial charge is 0.265 e. The van der Waals surface area contributed by atoms with Gasteiger partial charge in [-0.1, -0.05) is 39.7 Å². The number of thiophene rings is 1. The maximum absolute atomic E-state index is 13.3. The third kappa shape index (κ3) is 4.99. The van der Waals surface area contributed by atoms with Gasteiger partial charge in [-0.15, -0.1) is 11.3 Å². The molecule has 190 valence electrons. The first kappa shape index (κ1) is 25.5. The van der Waals surface area contributed by atoms with Gasteiger partial charge in [0.25, 0.3) is 5.91 Å². The summed E-state index contributed by atoms with van der Waals surface area (Å²) in [5.74, 6) is 0.658. The van der Waals surface area contributed by atoms with Crippen molar-refractivity contribution in [3.05, 3.63) is 61.7 Å². The average Bonchev–Trinajstić information content (AvgIpc) is 3.54. The lowest BCUT2D eigenvalue weighted by molar-refractivity contribution is 0.0703. The lowest BCUT2D eigenvalue weighted by Gasteiger charge is -2.34. The minimum atomic E-state index is -3.67. The normalized spacial score (nSPS) is 16.8. The lowest BCUT2D eigenvalue weighted by atomic mass is 10.1. The van der Waals surface area contributed by atoms with E-state index in [1.54, 1.807) is 17.0 Å². The average molecular weight is 611 g/mol. The molecule has 0 unspecified atom stereocenters. The van der Waals surface area contributed by atoms with Crippen molar-refractivity contribution >= 4 is 71.5 Å². The van der Waals surface area contributed by atoms with Crippen LogP contribution in [-0.4, -0.2) is 80.7 Å². The first-order chi connectivity index (χ1) is 17.2. The molecule has 0 aliphatic carbocycles. The molecule has 0 spiro atoms. The van der Waals surface area contributed by atoms with Crippen LogP contribution < -0.4 is 5.32 Å². The number of aliphatic imine (C=N–C) groups is 1. The summed E-state index contributed by atoms with van der Waals surface area (Å²) in [6, 6.07) is 10.9. The van der Waals surface area contributed by atoms with Crippen LogP contribution in [0.1, 0.15) is 15.2 Å². The van der Waals surface area contributed by atoms with Gasteiger partial charge >= 0.3 is 0 Å². The van der Waals surface area contributed by atoms with Gasteiger partial charge in [0.05, 0.1) is 16.5 Å². The van der Waals surface area contributed by atoms with E-state index in [0.717, 1.165) is 39.9 Å². The monoisotopic (exact) mass is 609 g/mol. The van der Waals surface area contributed by atoms with Gasteiger partial charge in [-0.3, -0.25) is 9.79 Å². The van der Waals surface area contributed by atoms with E-state index in [4.69, 9.17) is 11.6 Å². The summed E-state index contributed by atoms with van der Waals surface area (Å²) >= 11 is 11.4. The van der Waals surface area contributed by atoms with E-state index in [1.807, 2.05) is 41.6 Å². The molecule has 3 heterocycles. The number of benzene rings is 2. The fourth-order valence-electron chi connectivity index (χ4n) is 4.38. The molecule has 5 rings (SSSR count). The summed E-state index contributed by atoms with van der Waals surface area (Å²) in [4.78, 5) is 22.0. The number of nitrogens with zero attached hydrogens (tertiary/aromatic N) is 4. The molecule has 12 heteroatoms. The number of rotatable bonds is 5. The molecule has 8 nitrogen and oxygen atoms in total. The van der Waals surface area contributed by atoms with Crippen LogP contribution in [0.5, 0.6) is 0 Å². The highest BCUT2D eigenvalue weighted by Crippen LogP contribution is 2.31. The molecular weight excluding hydrogens is 586 g/mol. The van der Waals surface area contributed by atoms with Crippen LogP contribution >= 0.6 is 38.9 Å². The standard InChI is InChI=1S/C24H25BrClN5O3S2/c1-29(24-27-6-7-28-24)14-18-15-35-22(21(18)26)23(32)30-8-10-31(11-9-30)36(33,34)20-5-3-16-12-19(25)4-2-17(16)13-20/h2-5,12-13,15H,6-11,14H2,1H3,(H,27,28). The predicted molar refractivity (Wildman–Crippen MR) is 147 cm³/mol. The summed E-state index contributed by atoms with van der Waals surface area (Å²) in [7, 11) is -1.73. The van der Waals surface area contributed by atoms with Gasteiger partial charge in [0.2, 0.25) is 10.0 Å². The summed E-state index contributed by atoms with van der Waals surface area (Å²) < 4.78 is 29.0. The zero-order valence-corrected chi connectivity index (χ0v) is 23.6. The molecule has 2 aliphatic heterocycles. The molecule has 2 aliphatic rings. The number of sulfonamides is 1. The van der Waals surface area contributed by atoms with Gasteiger partial charge in [-0.2, -0.15) is 4.31 Å². The quantitative estimate of drug-likeness (QED) is 0.475. The molecule has 1 amide bonds. The molecule has 0 bridgehead atoms. The van der Waals surface area contributed by atoms with E-state index < -0.39 is 10.0 Å². The fourth-order valence-corrected chi connectivity index (χ4v) is 7.53. The van der Waals surface area contributed by atoms with Crippen LogP contribution in [0.2, 0.25) is 5.02 Å². The van der Waals surface area contributed by atoms with Gasteiger partial charge in [0.15, 0.2) is 5.96 Å². The third-order valence-corrected chi connectivity index (χ3v) is 10.3. The van der Waals surface area contributed by atoms with E-state index in [1.165, 1.54) is 15.6 Å². The molecule has 1 fully saturated rings. The molecule has 0 saturated carbocycles. The van der Waals surface area contributed by atoms with Crippen molar-refractivity contribution in [2.45, 2.75) is 11.4 Å². The third-order valence-electron chi connectivity index (χ3n) is 6.36. The second kappa shape index (κ2) is 10.3. The second-order valence-corrected chi connectivity index (χ2v) is 12.9. The Morgan fingerprint density at radius 3 is 2.61 bits per heavy atom. The molecule has 1 aromatic heterocycles. The highest BCUT2D eigenvalue weighted by Gasteiger charge is 2.32. The van der Waals surface area contributed by atoms with Crippen molar-refractivity contribution in [3.8, 4) is 0 Å². The van der Waals surface area contributed by atoms with Gasteiger partial charge in [-0.05, 0) is 40.4 Å². The van der Waals surface area contributed by atoms with Crippen molar-refractivity contribution in [1.82, 2.24) is 19.4 Å². The molecule has 1 N–H and O–H groups in total. The number of guanidine groups is 1. The van der Waals surface area contributed by atoms with Crippen molar-refractivity contribution in [3.63, 3.8) is 0 Å². The number of carbonyl (C=O) groups excluding carboxylic acids is 1. The lowest BCUT2D eigenvalue weighted by Crippen LogP contribution is -2.50. The van der Waals surface area contributed by atoms with Crippen molar-refractivity contribution in [1.29, 1.82) is 0 Å². The molecule has 0 atom stereocenters. The topological polar surface area (TPSA) is 85.3 Å². The summed E-state index contributed by atoms with van der Waals surface area (Å²) in [6.07, 6.45) is 0. The maximum Gasteiger partial charge on any atom is 0.265 e. The molecule has 36 heavy (non-hydrogen) atoms. The van der Waals surface area contributed by atoms with Crippen molar-refractivity contribution < 1.29 is 13.2 Å². The number of amides is 1. The minimum absolute atomic E-state index is 0.163. The Morgan fingerprint density at radius 1 is 1.17 bits per heavy atom. The SMILES string of the molecule is CN(Cc1csc(C(=O)N2CCN(S(=O)(=O)c3ccc4cc(Br)ccc4c3)CC2)c1Cl)C1=NCCN1. The van der Waals surface area contributed by atoms with E-state index in [0.29, 0.717) is 29.5 Å². The summed E-state index contributed by atoms with van der Waals surface area (Å²) in [6.45, 7) is 3.20. The minimum Gasteiger partial charge on any atom is -0.354 e. The van der Waals surface area contributed by atoms with E-state index in [-0.39, 0.29) is 23.9 Å². The second-order valence-electron chi connectivity index (χ2n) is 8.74. The molecule has 2 aromatic carbocycles. The Balaban J connectivity index is 1.24. The van der Waals surface area contributed by atoms with Crippen molar-refractivity contribution in [2.75, 3.05) is 46.3 Å². The number of carbonyl (C=O) groups is 1. The first-order valence-electron chi connectivity index (χ1n) is 11.5. The fraction of sp³-hybridized carbons (Fsp3) is 0.333. The van der Waals surface area contributed by atoms with Crippen LogP contribution in [0.25, 0.3) is 10.8 Å². The summed E-state index contributed by atoms with van der Waals surface area (Å²) in [5.41, 5.74) is 0.869. The number of hydrogen-bond acceptors (Lipinski definition) is 7. The maximum atomic E-state index is 13.3. The Hall–Kier alpha value is -2.18. The predicted octanol–water partition coefficient (Wildman–Crippen LogP) is 3.85. The van der Waals surface area contributed by atoms with E-state index in [9.17, 15) is 13.2 Å². The Morgan fingerprint density at radius 2 is 1.89 bits per heavy atom. The number of nitrogens with one attached hydrogen (secondary N) is 1. The number of halogens is 2. The van der Waals surface area contributed by atoms with Crippen LogP contribution in [-0.2, 0) is 16.6 Å². The van der Waals surface area contributed by atoms with Crippen LogP contribution in [0.3, 0.4) is 0 Å². The Bertz CT molecular complexity index is 1450. The van der Waals surface area contributed by atoms with Gasteiger partial charge < -0.3 is 15.1 Å². The van der Waals surface area contributed by atoms with Gasteiger partial charge in [-0.25, -0.2) is 8.42 Å². The zero-order chi connectivity index (χ0) is 25.4. The van der Waals surface area contributed by atoms with Crippen LogP contribution in [0.4, 0.5) is 0 Å². The molecule has 1 saturated heterocycles. The highest BCUT2D eigenvalue weighted by molar-refractivity contribution is 9.10. The number of piperazine rings is 1. The van der Waals surface area contributed by atoms with Crippen molar-refractivity contribution in [2.24, 2.45) is 4.99 Å². The van der Waals surface area contributed by atoms with Gasteiger partial charge in [0.1, 0.15) is 4.88 Å². The van der Waals surface area contributed by atoms with Crippen LogP contribution in [0, 0.1) is 0 Å². The van der Waals surface area contributed by atoms with Crippen LogP contribution in [0.15, 0.2) is 56.1 Å². The molecule has 0 radical (unpaired) electrons. The zero-order valence-electron chi connectivity index (χ0n) is 19.6. The molecule has 3 aromatic rings. The molecular formula is C24H25BrClN5O3S2. The van der Waals surface area contributed by atoms with E-state index >= 15 is 0 Å². The first-order valence-corrected chi connectivity index (χ1v) is 15.0.